The molecular weight excluding hydrogens is 438 g/mol. The van der Waals surface area contributed by atoms with Crippen LogP contribution in [0.15, 0.2) is 59.5 Å². The Balaban J connectivity index is 2.22. The number of nitrogens with one attached hydrogen (secondary N) is 1. The monoisotopic (exact) mass is 473 g/mol. The van der Waals surface area contributed by atoms with Crippen molar-refractivity contribution in [2.45, 2.75) is 57.5 Å². The third kappa shape index (κ3) is 7.68. The van der Waals surface area contributed by atoms with E-state index in [0.717, 1.165) is 15.4 Å². The number of hydrogen-bond donors (Lipinski definition) is 1. The third-order valence-corrected chi connectivity index (χ3v) is 7.05. The number of likely N-dealkylation sites (N-methyl/N-ethyl adjacent to an activating group) is 1. The topological polar surface area (TPSA) is 86.8 Å². The van der Waals surface area contributed by atoms with E-state index in [9.17, 15) is 18.0 Å². The first-order chi connectivity index (χ1) is 15.3. The van der Waals surface area contributed by atoms with Gasteiger partial charge in [0.05, 0.1) is 11.4 Å². The lowest BCUT2D eigenvalue weighted by Gasteiger charge is -2.32. The summed E-state index contributed by atoms with van der Waals surface area (Å²) in [5.41, 5.74) is 1.52. The number of nitrogens with zero attached hydrogens (tertiary/aromatic N) is 2. The zero-order chi connectivity index (χ0) is 24.8. The van der Waals surface area contributed by atoms with Crippen LogP contribution in [0, 0.1) is 6.92 Å². The van der Waals surface area contributed by atoms with Gasteiger partial charge < -0.3 is 10.2 Å². The predicted molar refractivity (Wildman–Crippen MR) is 130 cm³/mol. The number of sulfonamides is 1. The Bertz CT molecular complexity index is 1050. The summed E-state index contributed by atoms with van der Waals surface area (Å²) >= 11 is 0. The van der Waals surface area contributed by atoms with E-state index < -0.39 is 27.5 Å². The second-order valence-electron chi connectivity index (χ2n) is 9.31. The van der Waals surface area contributed by atoms with Crippen LogP contribution in [-0.4, -0.2) is 61.2 Å². The number of amides is 2. The second kappa shape index (κ2) is 10.9. The molecule has 8 heteroatoms. The van der Waals surface area contributed by atoms with Gasteiger partial charge >= 0.3 is 0 Å². The zero-order valence-electron chi connectivity index (χ0n) is 20.3. The fourth-order valence-electron chi connectivity index (χ4n) is 3.30. The van der Waals surface area contributed by atoms with Gasteiger partial charge in [-0.25, -0.2) is 8.42 Å². The van der Waals surface area contributed by atoms with E-state index in [0.29, 0.717) is 13.0 Å². The summed E-state index contributed by atoms with van der Waals surface area (Å²) in [6.45, 7) is 9.08. The first-order valence-corrected chi connectivity index (χ1v) is 12.4. The van der Waals surface area contributed by atoms with Crippen molar-refractivity contribution in [1.82, 2.24) is 14.5 Å². The molecule has 0 spiro atoms. The molecule has 0 aliphatic carbocycles. The highest BCUT2D eigenvalue weighted by Crippen LogP contribution is 2.16. The summed E-state index contributed by atoms with van der Waals surface area (Å²) in [6, 6.07) is 15.4. The highest BCUT2D eigenvalue weighted by atomic mass is 32.2. The van der Waals surface area contributed by atoms with E-state index >= 15 is 0 Å². The van der Waals surface area contributed by atoms with Crippen LogP contribution in [0.2, 0.25) is 0 Å². The van der Waals surface area contributed by atoms with Crippen molar-refractivity contribution < 1.29 is 18.0 Å². The number of carbonyl (C=O) groups excluding carboxylic acids is 2. The summed E-state index contributed by atoms with van der Waals surface area (Å²) in [5, 5.41) is 2.90. The average Bonchev–Trinajstić information content (AvgIpc) is 2.73. The lowest BCUT2D eigenvalue weighted by Crippen LogP contribution is -2.54. The van der Waals surface area contributed by atoms with Crippen LogP contribution < -0.4 is 5.32 Å². The predicted octanol–water partition coefficient (Wildman–Crippen LogP) is 2.99. The molecule has 0 unspecified atom stereocenters. The van der Waals surface area contributed by atoms with Crippen LogP contribution in [0.5, 0.6) is 0 Å². The highest BCUT2D eigenvalue weighted by Gasteiger charge is 2.31. The highest BCUT2D eigenvalue weighted by molar-refractivity contribution is 7.89. The van der Waals surface area contributed by atoms with Gasteiger partial charge in [0.25, 0.3) is 0 Å². The number of hydrogen-bond acceptors (Lipinski definition) is 4. The molecule has 0 heterocycles. The number of carbonyl (C=O) groups is 2. The third-order valence-electron chi connectivity index (χ3n) is 5.24. The standard InChI is InChI=1S/C25H35N3O4S/c1-19-12-14-22(15-13-19)33(31,32)27(6)18-23(29)28(17-16-21-10-8-7-9-11-21)20(2)24(30)26-25(3,4)5/h7-15,20H,16-18H2,1-6H3,(H,26,30)/t20-/m0/s1. The summed E-state index contributed by atoms with van der Waals surface area (Å²) in [7, 11) is -2.46. The van der Waals surface area contributed by atoms with Gasteiger partial charge in [0, 0.05) is 19.1 Å². The summed E-state index contributed by atoms with van der Waals surface area (Å²) in [5.74, 6) is -0.714. The molecular formula is C25H35N3O4S. The molecule has 0 fully saturated rings. The zero-order valence-corrected chi connectivity index (χ0v) is 21.1. The molecule has 0 aliphatic heterocycles. The molecule has 0 saturated heterocycles. The SMILES string of the molecule is Cc1ccc(S(=O)(=O)N(C)CC(=O)N(CCc2ccccc2)[C@@H](C)C(=O)NC(C)(C)C)cc1. The quantitative estimate of drug-likeness (QED) is 0.607. The maximum Gasteiger partial charge on any atom is 0.243 e. The Kier molecular flexibility index (Phi) is 8.80. The van der Waals surface area contributed by atoms with Crippen LogP contribution >= 0.6 is 0 Å². The first kappa shape index (κ1) is 26.5. The first-order valence-electron chi connectivity index (χ1n) is 11.0. The summed E-state index contributed by atoms with van der Waals surface area (Å²) in [4.78, 5) is 27.6. The maximum absolute atomic E-state index is 13.3. The normalized spacial score (nSPS) is 12.9. The van der Waals surface area contributed by atoms with E-state index in [-0.39, 0.29) is 17.3 Å². The van der Waals surface area contributed by atoms with E-state index in [2.05, 4.69) is 5.32 Å². The van der Waals surface area contributed by atoms with Gasteiger partial charge in [0.2, 0.25) is 21.8 Å². The molecule has 7 nitrogen and oxygen atoms in total. The van der Waals surface area contributed by atoms with E-state index in [1.54, 1.807) is 19.1 Å². The van der Waals surface area contributed by atoms with Crippen LogP contribution in [0.4, 0.5) is 0 Å². The molecule has 0 saturated carbocycles. The summed E-state index contributed by atoms with van der Waals surface area (Å²) in [6.07, 6.45) is 0.550. The summed E-state index contributed by atoms with van der Waals surface area (Å²) < 4.78 is 26.9. The van der Waals surface area contributed by atoms with Crippen molar-refractivity contribution in [2.75, 3.05) is 20.1 Å². The van der Waals surface area contributed by atoms with Crippen LogP contribution in [0.1, 0.15) is 38.8 Å². The number of benzene rings is 2. The molecule has 0 radical (unpaired) electrons. The Hall–Kier alpha value is -2.71. The van der Waals surface area contributed by atoms with Gasteiger partial charge in [0.15, 0.2) is 0 Å². The molecule has 2 aromatic rings. The molecule has 0 bridgehead atoms. The minimum absolute atomic E-state index is 0.123. The molecule has 2 aromatic carbocycles. The van der Waals surface area contributed by atoms with E-state index in [4.69, 9.17) is 0 Å². The van der Waals surface area contributed by atoms with Gasteiger partial charge in [0.1, 0.15) is 6.04 Å². The Morgan fingerprint density at radius 2 is 1.58 bits per heavy atom. The van der Waals surface area contributed by atoms with Gasteiger partial charge in [-0.3, -0.25) is 9.59 Å². The largest absolute Gasteiger partial charge is 0.350 e. The molecule has 0 aliphatic rings. The van der Waals surface area contributed by atoms with E-state index in [1.807, 2.05) is 58.0 Å². The molecule has 2 amide bonds. The minimum Gasteiger partial charge on any atom is -0.350 e. The fraction of sp³-hybridized carbons (Fsp3) is 0.440. The van der Waals surface area contributed by atoms with Crippen molar-refractivity contribution in [1.29, 1.82) is 0 Å². The molecule has 1 N–H and O–H groups in total. The van der Waals surface area contributed by atoms with Crippen molar-refractivity contribution in [2.24, 2.45) is 0 Å². The Morgan fingerprint density at radius 1 is 1.00 bits per heavy atom. The average molecular weight is 474 g/mol. The second-order valence-corrected chi connectivity index (χ2v) is 11.4. The fourth-order valence-corrected chi connectivity index (χ4v) is 4.42. The van der Waals surface area contributed by atoms with Crippen LogP contribution in [0.3, 0.4) is 0 Å². The van der Waals surface area contributed by atoms with Crippen molar-refractivity contribution in [3.8, 4) is 0 Å². The molecule has 2 rings (SSSR count). The van der Waals surface area contributed by atoms with Gasteiger partial charge in [-0.15, -0.1) is 0 Å². The van der Waals surface area contributed by atoms with Gasteiger partial charge in [-0.2, -0.15) is 4.31 Å². The molecule has 0 aromatic heterocycles. The lowest BCUT2D eigenvalue weighted by molar-refractivity contribution is -0.140. The van der Waals surface area contributed by atoms with Crippen molar-refractivity contribution in [3.05, 3.63) is 65.7 Å². The van der Waals surface area contributed by atoms with E-state index in [1.165, 1.54) is 24.1 Å². The molecule has 180 valence electrons. The molecule has 33 heavy (non-hydrogen) atoms. The smallest absolute Gasteiger partial charge is 0.243 e. The van der Waals surface area contributed by atoms with Crippen molar-refractivity contribution >= 4 is 21.8 Å². The Morgan fingerprint density at radius 3 is 2.12 bits per heavy atom. The minimum atomic E-state index is -3.84. The Labute approximate surface area is 197 Å². The van der Waals surface area contributed by atoms with Crippen LogP contribution in [-0.2, 0) is 26.0 Å². The number of aryl methyl sites for hydroxylation is 1. The maximum atomic E-state index is 13.3. The van der Waals surface area contributed by atoms with Gasteiger partial charge in [-0.05, 0) is 58.7 Å². The van der Waals surface area contributed by atoms with Crippen LogP contribution in [0.25, 0.3) is 0 Å². The number of rotatable bonds is 9. The van der Waals surface area contributed by atoms with Gasteiger partial charge in [-0.1, -0.05) is 48.0 Å². The van der Waals surface area contributed by atoms with Crippen molar-refractivity contribution in [3.63, 3.8) is 0 Å². The molecule has 1 atom stereocenters. The lowest BCUT2D eigenvalue weighted by atomic mass is 10.1.